The molecule has 0 saturated heterocycles. The van der Waals surface area contributed by atoms with E-state index in [0.717, 1.165) is 0 Å². The van der Waals surface area contributed by atoms with Crippen molar-refractivity contribution in [3.05, 3.63) is 93.7 Å². The van der Waals surface area contributed by atoms with Gasteiger partial charge in [-0.25, -0.2) is 0 Å². The van der Waals surface area contributed by atoms with E-state index in [2.05, 4.69) is 0 Å². The summed E-state index contributed by atoms with van der Waals surface area (Å²) in [5.41, 5.74) is 0. The van der Waals surface area contributed by atoms with Gasteiger partial charge in [-0.3, -0.25) is 0 Å². The molecule has 0 aromatic heterocycles. The van der Waals surface area contributed by atoms with Crippen molar-refractivity contribution in [1.29, 1.82) is 63.1 Å². The van der Waals surface area contributed by atoms with E-state index < -0.39 is 0 Å². The molecular weight excluding hydrogens is 706 g/mol. The van der Waals surface area contributed by atoms with Crippen LogP contribution in [0.4, 0.5) is 0 Å². The van der Waals surface area contributed by atoms with Crippen molar-refractivity contribution < 1.29 is 102 Å². The Hall–Kier alpha value is -3.32. The number of rotatable bonds is 1. The summed E-state index contributed by atoms with van der Waals surface area (Å²) in [4.78, 5) is 0. The molecule has 14 nitrogen and oxygen atoms in total. The molecule has 19 heteroatoms. The Bertz CT molecular complexity index is 274. The first-order valence-electron chi connectivity index (χ1n) is 3.82. The monoisotopic (exact) mass is 714 g/mol. The van der Waals surface area contributed by atoms with Gasteiger partial charge in [0.15, 0.2) is 0 Å². The third-order valence-corrected chi connectivity index (χ3v) is 0.1000. The standard InChI is InChI=1S/C2H6O2.12CN.2CH3.2Co.3Zn/c3-1-2-4;12*1-2;;;;;;;/h3-4H,1-2H2;;;;;;;;;;;;;2*1H3;;;;;/q;14*-1;;;;;+2. The van der Waals surface area contributed by atoms with Crippen LogP contribution in [0.1, 0.15) is 0 Å². The van der Waals surface area contributed by atoms with Crippen LogP contribution in [0.2, 0.25) is 0 Å². The first-order chi connectivity index (χ1) is 13.9. The van der Waals surface area contributed by atoms with E-state index in [9.17, 15) is 0 Å². The molecule has 0 fully saturated rings. The normalized spacial score (nSPS) is 1.54. The van der Waals surface area contributed by atoms with E-state index in [-0.39, 0.29) is 120 Å². The Morgan fingerprint density at radius 2 is 0.343 bits per heavy atom. The molecule has 2 N–H and O–H groups in total. The fraction of sp³-hybridized carbons (Fsp3) is 0.125. The van der Waals surface area contributed by atoms with Gasteiger partial charge in [-0.05, 0) is 0 Å². The molecule has 0 aliphatic rings. The van der Waals surface area contributed by atoms with E-state index in [4.69, 9.17) is 152 Å². The third-order valence-electron chi connectivity index (χ3n) is 0.1000. The van der Waals surface area contributed by atoms with Gasteiger partial charge < -0.3 is 167 Å². The van der Waals surface area contributed by atoms with Crippen molar-refractivity contribution in [2.75, 3.05) is 13.2 Å². The van der Waals surface area contributed by atoms with Crippen molar-refractivity contribution in [3.8, 4) is 0 Å². The van der Waals surface area contributed by atoms with Crippen LogP contribution in [0.15, 0.2) is 0 Å². The van der Waals surface area contributed by atoms with Gasteiger partial charge in [0.25, 0.3) is 0 Å². The summed E-state index contributed by atoms with van der Waals surface area (Å²) >= 11 is 0. The number of nitrogens with zero attached hydrogens (tertiary/aromatic N) is 12. The summed E-state index contributed by atoms with van der Waals surface area (Å²) in [6.45, 7) is 56.8. The molecule has 0 spiro atoms. The van der Waals surface area contributed by atoms with E-state index in [0.29, 0.717) is 0 Å². The molecule has 0 aromatic rings. The molecule has 0 aliphatic heterocycles. The van der Waals surface area contributed by atoms with Crippen LogP contribution in [0, 0.1) is 157 Å². The summed E-state index contributed by atoms with van der Waals surface area (Å²) in [5.74, 6) is 0. The van der Waals surface area contributed by atoms with Crippen LogP contribution in [0.5, 0.6) is 0 Å². The molecule has 0 atom stereocenters. The molecule has 0 saturated carbocycles. The second-order valence-electron chi connectivity index (χ2n) is 0.447. The van der Waals surface area contributed by atoms with Crippen LogP contribution in [0.3, 0.4) is 0 Å². The Labute approximate surface area is 270 Å². The predicted molar refractivity (Wildman–Crippen MR) is 86.6 cm³/mol. The van der Waals surface area contributed by atoms with Crippen molar-refractivity contribution in [3.63, 3.8) is 0 Å². The molecule has 0 unspecified atom stereocenters. The van der Waals surface area contributed by atoms with Gasteiger partial charge in [-0.2, -0.15) is 0 Å². The predicted octanol–water partition coefficient (Wildman–Crippen LogP) is 1.02. The minimum Gasteiger partial charge on any atom is -0.512 e. The molecular formula is C16H12Co2N12O2Zn3-12. The molecule has 0 aromatic carbocycles. The van der Waals surface area contributed by atoms with Gasteiger partial charge in [-0.1, -0.05) is 0 Å². The van der Waals surface area contributed by atoms with Crippen molar-refractivity contribution >= 4 is 0 Å². The summed E-state index contributed by atoms with van der Waals surface area (Å²) in [7, 11) is 0. The number of hydrogen-bond acceptors (Lipinski definition) is 14. The second kappa shape index (κ2) is 15600. The van der Waals surface area contributed by atoms with Gasteiger partial charge in [0, 0.05) is 72.5 Å². The summed E-state index contributed by atoms with van der Waals surface area (Å²) in [6, 6.07) is 0. The zero-order valence-corrected chi connectivity index (χ0v) is 29.4. The molecule has 184 valence electrons. The SMILES string of the molecule is OCCO.[C-]#N.[C-]#N.[C-]#N.[C-]#N.[C-]#N.[C-]#N.[C-]#N.[C-]#N.[C-]#N.[C-]#N.[C-]#N.[C-]#N.[CH3-].[CH3-].[Co].[Co].[Zn+2].[Zn].[Zn]. The zero-order valence-electron chi connectivity index (χ0n) is 18.5. The third kappa shape index (κ3) is 4700. The average molecular weight is 718 g/mol. The Balaban J connectivity index is -0.00000000384. The van der Waals surface area contributed by atoms with Crippen LogP contribution >= 0.6 is 0 Å². The number of aliphatic hydroxyl groups is 2. The average Bonchev–Trinajstić information content (AvgIpc) is 2.93. The summed E-state index contributed by atoms with van der Waals surface area (Å²) < 4.78 is 0. The van der Waals surface area contributed by atoms with E-state index in [1.165, 1.54) is 0 Å². The van der Waals surface area contributed by atoms with Crippen LogP contribution < -0.4 is 0 Å². The first kappa shape index (κ1) is 219. The Kier molecular flexibility index (Phi) is 97300. The fourth-order valence-electron chi connectivity index (χ4n) is 0. The van der Waals surface area contributed by atoms with Crippen molar-refractivity contribution in [2.45, 2.75) is 0 Å². The van der Waals surface area contributed by atoms with Gasteiger partial charge in [0.2, 0.25) is 0 Å². The zero-order chi connectivity index (χ0) is 27.4. The molecule has 2 radical (unpaired) electrons. The fourth-order valence-corrected chi connectivity index (χ4v) is 0. The van der Waals surface area contributed by atoms with Gasteiger partial charge in [0.1, 0.15) is 0 Å². The summed E-state index contributed by atoms with van der Waals surface area (Å²) in [6.07, 6.45) is 0. The van der Waals surface area contributed by atoms with Crippen LogP contribution in [-0.4, -0.2) is 23.4 Å². The molecule has 0 aliphatic carbocycles. The molecule has 0 bridgehead atoms. The molecule has 35 heavy (non-hydrogen) atoms. The summed E-state index contributed by atoms with van der Waals surface area (Å²) in [5, 5.41) is 90.2. The quantitative estimate of drug-likeness (QED) is 0.282. The van der Waals surface area contributed by atoms with E-state index >= 15 is 0 Å². The number of aliphatic hydroxyl groups excluding tert-OH is 2. The van der Waals surface area contributed by atoms with Crippen LogP contribution in [0.25, 0.3) is 0 Å². The topological polar surface area (TPSA) is 326 Å². The number of hydrogen-bond donors (Lipinski definition) is 2. The smallest absolute Gasteiger partial charge is 0.512 e. The maximum atomic E-state index is 7.62. The molecule has 0 amide bonds. The van der Waals surface area contributed by atoms with Gasteiger partial charge in [0.05, 0.1) is 13.2 Å². The van der Waals surface area contributed by atoms with Crippen molar-refractivity contribution in [1.82, 2.24) is 0 Å². The van der Waals surface area contributed by atoms with Gasteiger partial charge >= 0.3 is 19.5 Å². The van der Waals surface area contributed by atoms with E-state index in [1.54, 1.807) is 0 Å². The first-order valence-corrected chi connectivity index (χ1v) is 3.82. The largest absolute Gasteiger partial charge is 2.00 e. The van der Waals surface area contributed by atoms with E-state index in [1.807, 2.05) is 0 Å². The molecule has 0 rings (SSSR count). The maximum Gasteiger partial charge on any atom is 2.00 e. The maximum absolute atomic E-state index is 7.62. The Morgan fingerprint density at radius 1 is 0.314 bits per heavy atom. The van der Waals surface area contributed by atoms with Crippen molar-refractivity contribution in [2.24, 2.45) is 0 Å². The minimum absolute atomic E-state index is 0. The molecule has 0 heterocycles. The van der Waals surface area contributed by atoms with Gasteiger partial charge in [-0.15, -0.1) is 0 Å². The Morgan fingerprint density at radius 3 is 0.343 bits per heavy atom. The van der Waals surface area contributed by atoms with Crippen LogP contribution in [-0.2, 0) is 92.0 Å². The second-order valence-corrected chi connectivity index (χ2v) is 0.447. The minimum atomic E-state index is -0.125.